The number of aromatic nitrogens is 1. The summed E-state index contributed by atoms with van der Waals surface area (Å²) in [6.45, 7) is 1.94. The van der Waals surface area contributed by atoms with Crippen LogP contribution in [0.15, 0.2) is 48.7 Å². The lowest BCUT2D eigenvalue weighted by Gasteiger charge is -2.06. The van der Waals surface area contributed by atoms with E-state index >= 15 is 0 Å². The summed E-state index contributed by atoms with van der Waals surface area (Å²) in [5.74, 6) is -0.828. The maximum Gasteiger partial charge on any atom is 0.288 e. The predicted molar refractivity (Wildman–Crippen MR) is 70.3 cm³/mol. The van der Waals surface area contributed by atoms with Crippen molar-refractivity contribution in [2.75, 3.05) is 0 Å². The van der Waals surface area contributed by atoms with Gasteiger partial charge in [0, 0.05) is 11.8 Å². The molecule has 0 saturated carbocycles. The highest BCUT2D eigenvalue weighted by Gasteiger charge is 2.09. The Morgan fingerprint density at radius 1 is 0.947 bits per heavy atom. The molecule has 0 spiro atoms. The summed E-state index contributed by atoms with van der Waals surface area (Å²) in [6.07, 6.45) is 1.51. The van der Waals surface area contributed by atoms with E-state index in [1.165, 1.54) is 6.20 Å². The summed E-state index contributed by atoms with van der Waals surface area (Å²) >= 11 is 0. The number of benzene rings is 1. The van der Waals surface area contributed by atoms with Crippen molar-refractivity contribution in [3.63, 3.8) is 0 Å². The Labute approximate surface area is 110 Å². The van der Waals surface area contributed by atoms with E-state index in [1.54, 1.807) is 30.3 Å². The van der Waals surface area contributed by atoms with Gasteiger partial charge in [-0.3, -0.25) is 25.4 Å². The third-order valence-electron chi connectivity index (χ3n) is 2.50. The van der Waals surface area contributed by atoms with Gasteiger partial charge in [-0.1, -0.05) is 23.8 Å². The van der Waals surface area contributed by atoms with Crippen LogP contribution in [0.1, 0.15) is 26.4 Å². The van der Waals surface area contributed by atoms with Crippen molar-refractivity contribution in [2.24, 2.45) is 0 Å². The molecule has 19 heavy (non-hydrogen) atoms. The van der Waals surface area contributed by atoms with Gasteiger partial charge in [-0.15, -0.1) is 0 Å². The zero-order valence-electron chi connectivity index (χ0n) is 10.4. The molecule has 0 aliphatic heterocycles. The number of hydrogen-bond acceptors (Lipinski definition) is 3. The monoisotopic (exact) mass is 255 g/mol. The Morgan fingerprint density at radius 2 is 1.63 bits per heavy atom. The van der Waals surface area contributed by atoms with Gasteiger partial charge in [0.1, 0.15) is 5.69 Å². The van der Waals surface area contributed by atoms with Gasteiger partial charge in [0.25, 0.3) is 11.8 Å². The number of hydrogen-bond donors (Lipinski definition) is 2. The van der Waals surface area contributed by atoms with E-state index in [-0.39, 0.29) is 11.6 Å². The quantitative estimate of drug-likeness (QED) is 0.798. The van der Waals surface area contributed by atoms with Crippen molar-refractivity contribution >= 4 is 11.8 Å². The molecular weight excluding hydrogens is 242 g/mol. The molecule has 0 fully saturated rings. The largest absolute Gasteiger partial charge is 0.288 e. The fraction of sp³-hybridized carbons (Fsp3) is 0.0714. The molecule has 1 aromatic heterocycles. The van der Waals surface area contributed by atoms with Gasteiger partial charge < -0.3 is 0 Å². The Morgan fingerprint density at radius 3 is 2.26 bits per heavy atom. The molecule has 2 aromatic rings. The fourth-order valence-corrected chi connectivity index (χ4v) is 1.45. The Bertz CT molecular complexity index is 579. The molecule has 2 N–H and O–H groups in total. The minimum atomic E-state index is -0.457. The average molecular weight is 255 g/mol. The molecule has 2 rings (SSSR count). The van der Waals surface area contributed by atoms with E-state index in [0.29, 0.717) is 5.56 Å². The first-order chi connectivity index (χ1) is 9.16. The number of nitrogens with zero attached hydrogens (tertiary/aromatic N) is 1. The van der Waals surface area contributed by atoms with E-state index in [4.69, 9.17) is 0 Å². The normalized spacial score (nSPS) is 9.74. The second-order valence-electron chi connectivity index (χ2n) is 3.99. The lowest BCUT2D eigenvalue weighted by molar-refractivity contribution is 0.0844. The summed E-state index contributed by atoms with van der Waals surface area (Å²) < 4.78 is 0. The van der Waals surface area contributed by atoms with Crippen LogP contribution in [0.4, 0.5) is 0 Å². The minimum Gasteiger partial charge on any atom is -0.267 e. The van der Waals surface area contributed by atoms with Crippen molar-refractivity contribution in [3.8, 4) is 0 Å². The first-order valence-electron chi connectivity index (χ1n) is 5.75. The van der Waals surface area contributed by atoms with Crippen LogP contribution in [0, 0.1) is 6.92 Å². The van der Waals surface area contributed by atoms with Crippen LogP contribution in [0.3, 0.4) is 0 Å². The molecular formula is C14H13N3O2. The van der Waals surface area contributed by atoms with Crippen LogP contribution in [0.5, 0.6) is 0 Å². The molecule has 2 amide bonds. The van der Waals surface area contributed by atoms with E-state index in [0.717, 1.165) is 5.56 Å². The number of hydrazine groups is 1. The van der Waals surface area contributed by atoms with Gasteiger partial charge in [-0.25, -0.2) is 0 Å². The minimum absolute atomic E-state index is 0.242. The SMILES string of the molecule is Cc1ccc(C(=O)NNC(=O)c2ccccn2)cc1. The maximum atomic E-state index is 11.7. The molecule has 1 heterocycles. The molecule has 5 nitrogen and oxygen atoms in total. The summed E-state index contributed by atoms with van der Waals surface area (Å²) in [5.41, 5.74) is 6.43. The standard InChI is InChI=1S/C14H13N3O2/c1-10-5-7-11(8-6-10)13(18)16-17-14(19)12-4-2-3-9-15-12/h2-9H,1H3,(H,16,18)(H,17,19). The maximum absolute atomic E-state index is 11.7. The lowest BCUT2D eigenvalue weighted by atomic mass is 10.1. The highest BCUT2D eigenvalue weighted by Crippen LogP contribution is 2.02. The first kappa shape index (κ1) is 12.8. The second kappa shape index (κ2) is 5.77. The average Bonchev–Trinajstić information content (AvgIpc) is 2.46. The highest BCUT2D eigenvalue weighted by molar-refractivity contribution is 5.98. The summed E-state index contributed by atoms with van der Waals surface area (Å²) in [4.78, 5) is 27.3. The number of carbonyl (C=O) groups excluding carboxylic acids is 2. The van der Waals surface area contributed by atoms with E-state index in [9.17, 15) is 9.59 Å². The van der Waals surface area contributed by atoms with Crippen molar-refractivity contribution in [2.45, 2.75) is 6.92 Å². The van der Waals surface area contributed by atoms with Crippen molar-refractivity contribution in [1.82, 2.24) is 15.8 Å². The molecule has 0 radical (unpaired) electrons. The number of pyridine rings is 1. The fourth-order valence-electron chi connectivity index (χ4n) is 1.45. The van der Waals surface area contributed by atoms with Crippen LogP contribution < -0.4 is 10.9 Å². The Kier molecular flexibility index (Phi) is 3.87. The zero-order chi connectivity index (χ0) is 13.7. The predicted octanol–water partition coefficient (Wildman–Crippen LogP) is 1.46. The summed E-state index contributed by atoms with van der Waals surface area (Å²) in [7, 11) is 0. The van der Waals surface area contributed by atoms with Crippen molar-refractivity contribution in [1.29, 1.82) is 0 Å². The third-order valence-corrected chi connectivity index (χ3v) is 2.50. The molecule has 0 aliphatic rings. The zero-order valence-corrected chi connectivity index (χ0v) is 10.4. The Hall–Kier alpha value is -2.69. The number of carbonyl (C=O) groups is 2. The number of amides is 2. The molecule has 5 heteroatoms. The van der Waals surface area contributed by atoms with E-state index in [1.807, 2.05) is 19.1 Å². The van der Waals surface area contributed by atoms with Crippen molar-refractivity contribution in [3.05, 3.63) is 65.5 Å². The summed E-state index contributed by atoms with van der Waals surface area (Å²) in [5, 5.41) is 0. The lowest BCUT2D eigenvalue weighted by Crippen LogP contribution is -2.41. The topological polar surface area (TPSA) is 71.1 Å². The van der Waals surface area contributed by atoms with Crippen LogP contribution in [-0.4, -0.2) is 16.8 Å². The number of rotatable bonds is 2. The second-order valence-corrected chi connectivity index (χ2v) is 3.99. The van der Waals surface area contributed by atoms with Gasteiger partial charge in [0.2, 0.25) is 0 Å². The number of aryl methyl sites for hydroxylation is 1. The third kappa shape index (κ3) is 3.38. The van der Waals surface area contributed by atoms with E-state index in [2.05, 4.69) is 15.8 Å². The van der Waals surface area contributed by atoms with Gasteiger partial charge in [0.15, 0.2) is 0 Å². The van der Waals surface area contributed by atoms with Gasteiger partial charge in [0.05, 0.1) is 0 Å². The van der Waals surface area contributed by atoms with E-state index < -0.39 is 5.91 Å². The first-order valence-corrected chi connectivity index (χ1v) is 5.75. The highest BCUT2D eigenvalue weighted by atomic mass is 16.2. The molecule has 0 unspecified atom stereocenters. The van der Waals surface area contributed by atoms with Crippen LogP contribution >= 0.6 is 0 Å². The van der Waals surface area contributed by atoms with Crippen LogP contribution in [0.25, 0.3) is 0 Å². The molecule has 0 saturated heterocycles. The van der Waals surface area contributed by atoms with Gasteiger partial charge >= 0.3 is 0 Å². The van der Waals surface area contributed by atoms with Crippen LogP contribution in [0.2, 0.25) is 0 Å². The van der Waals surface area contributed by atoms with Gasteiger partial charge in [-0.05, 0) is 31.2 Å². The van der Waals surface area contributed by atoms with Crippen LogP contribution in [-0.2, 0) is 0 Å². The smallest absolute Gasteiger partial charge is 0.267 e. The molecule has 96 valence electrons. The summed E-state index contributed by atoms with van der Waals surface area (Å²) in [6, 6.07) is 12.0. The van der Waals surface area contributed by atoms with Gasteiger partial charge in [-0.2, -0.15) is 0 Å². The number of nitrogens with one attached hydrogen (secondary N) is 2. The molecule has 0 bridgehead atoms. The molecule has 0 atom stereocenters. The molecule has 0 aliphatic carbocycles. The van der Waals surface area contributed by atoms with Crippen molar-refractivity contribution < 1.29 is 9.59 Å². The molecule has 1 aromatic carbocycles. The Balaban J connectivity index is 1.94.